The number of rotatable bonds is 2. The third kappa shape index (κ3) is 3.00. The molecule has 1 aliphatic heterocycles. The van der Waals surface area contributed by atoms with Crippen LogP contribution < -0.4 is 5.32 Å². The average Bonchev–Trinajstić information content (AvgIpc) is 2.36. The summed E-state index contributed by atoms with van der Waals surface area (Å²) in [5, 5.41) is 3.26. The van der Waals surface area contributed by atoms with Crippen LogP contribution in [0, 0.1) is 5.41 Å². The van der Waals surface area contributed by atoms with E-state index in [1.54, 1.807) is 4.90 Å². The highest BCUT2D eigenvalue weighted by Gasteiger charge is 2.52. The number of methoxy groups -OCH3 is 2. The smallest absolute Gasteiger partial charge is 0.410 e. The highest BCUT2D eigenvalue weighted by atomic mass is 16.5. The molecule has 1 rings (SSSR count). The van der Waals surface area contributed by atoms with E-state index >= 15 is 0 Å². The summed E-state index contributed by atoms with van der Waals surface area (Å²) in [6.07, 6.45) is -0.255. The van der Waals surface area contributed by atoms with Crippen LogP contribution in [0.25, 0.3) is 0 Å². The van der Waals surface area contributed by atoms with Crippen molar-refractivity contribution < 1.29 is 19.1 Å². The SMILES string of the molecule is COC(=O)CC1(C(C)(C)C)CNCCN1C(=O)OC. The lowest BCUT2D eigenvalue weighted by Crippen LogP contribution is -2.69. The third-order valence-corrected chi connectivity index (χ3v) is 3.90. The molecule has 0 aromatic rings. The predicted octanol–water partition coefficient (Wildman–Crippen LogP) is 1.01. The Balaban J connectivity index is 3.17. The fourth-order valence-electron chi connectivity index (χ4n) is 2.58. The Morgan fingerprint density at radius 2 is 1.89 bits per heavy atom. The molecule has 1 N–H and O–H groups in total. The van der Waals surface area contributed by atoms with E-state index in [9.17, 15) is 9.59 Å². The van der Waals surface area contributed by atoms with Gasteiger partial charge in [0, 0.05) is 19.6 Å². The number of carbonyl (C=O) groups excluding carboxylic acids is 2. The van der Waals surface area contributed by atoms with Crippen LogP contribution in [-0.2, 0) is 14.3 Å². The molecule has 1 saturated heterocycles. The summed E-state index contributed by atoms with van der Waals surface area (Å²) in [5.41, 5.74) is -0.936. The van der Waals surface area contributed by atoms with Gasteiger partial charge in [-0.1, -0.05) is 20.8 Å². The number of ether oxygens (including phenoxy) is 2. The Bertz CT molecular complexity index is 351. The van der Waals surface area contributed by atoms with Crippen molar-refractivity contribution in [2.75, 3.05) is 33.9 Å². The molecule has 0 radical (unpaired) electrons. The lowest BCUT2D eigenvalue weighted by atomic mass is 9.69. The number of hydrogen-bond acceptors (Lipinski definition) is 5. The zero-order valence-electron chi connectivity index (χ0n) is 12.4. The van der Waals surface area contributed by atoms with Crippen LogP contribution in [0.4, 0.5) is 4.79 Å². The molecular formula is C13H24N2O4. The number of esters is 1. The molecule has 1 atom stereocenters. The molecule has 0 aromatic carbocycles. The van der Waals surface area contributed by atoms with Gasteiger partial charge in [0.15, 0.2) is 0 Å². The van der Waals surface area contributed by atoms with E-state index in [-0.39, 0.29) is 17.8 Å². The van der Waals surface area contributed by atoms with E-state index in [4.69, 9.17) is 9.47 Å². The largest absolute Gasteiger partial charge is 0.469 e. The van der Waals surface area contributed by atoms with E-state index < -0.39 is 11.6 Å². The number of nitrogens with zero attached hydrogens (tertiary/aromatic N) is 1. The lowest BCUT2D eigenvalue weighted by molar-refractivity contribution is -0.147. The Morgan fingerprint density at radius 3 is 2.37 bits per heavy atom. The molecule has 6 heteroatoms. The Hall–Kier alpha value is -1.30. The first kappa shape index (κ1) is 15.8. The third-order valence-electron chi connectivity index (χ3n) is 3.90. The average molecular weight is 272 g/mol. The minimum atomic E-state index is -0.647. The topological polar surface area (TPSA) is 67.9 Å². The molecule has 0 saturated carbocycles. The molecule has 110 valence electrons. The standard InChI is InChI=1S/C13H24N2O4/c1-12(2,3)13(8-10(16)18-4)9-14-6-7-15(13)11(17)19-5/h14H,6-9H2,1-5H3. The second-order valence-corrected chi connectivity index (χ2v) is 5.83. The highest BCUT2D eigenvalue weighted by molar-refractivity contribution is 5.74. The van der Waals surface area contributed by atoms with Crippen molar-refractivity contribution in [3.63, 3.8) is 0 Å². The fourth-order valence-corrected chi connectivity index (χ4v) is 2.58. The summed E-state index contributed by atoms with van der Waals surface area (Å²) in [5.74, 6) is -0.326. The van der Waals surface area contributed by atoms with Gasteiger partial charge in [-0.25, -0.2) is 4.79 Å². The Labute approximate surface area is 114 Å². The van der Waals surface area contributed by atoms with Crippen LogP contribution in [0.2, 0.25) is 0 Å². The van der Waals surface area contributed by atoms with Crippen molar-refractivity contribution in [1.29, 1.82) is 0 Å². The molecule has 1 heterocycles. The molecule has 0 spiro atoms. The van der Waals surface area contributed by atoms with Crippen LogP contribution in [0.1, 0.15) is 27.2 Å². The van der Waals surface area contributed by atoms with Gasteiger partial charge in [-0.3, -0.25) is 9.69 Å². The maximum absolute atomic E-state index is 12.0. The molecule has 1 fully saturated rings. The lowest BCUT2D eigenvalue weighted by Gasteiger charge is -2.53. The van der Waals surface area contributed by atoms with Crippen LogP contribution in [0.3, 0.4) is 0 Å². The molecule has 0 aliphatic carbocycles. The molecule has 0 bridgehead atoms. The highest BCUT2D eigenvalue weighted by Crippen LogP contribution is 2.40. The van der Waals surface area contributed by atoms with Gasteiger partial charge in [0.1, 0.15) is 0 Å². The predicted molar refractivity (Wildman–Crippen MR) is 70.8 cm³/mol. The monoisotopic (exact) mass is 272 g/mol. The van der Waals surface area contributed by atoms with Gasteiger partial charge in [-0.2, -0.15) is 0 Å². The second-order valence-electron chi connectivity index (χ2n) is 5.83. The van der Waals surface area contributed by atoms with Crippen molar-refractivity contribution >= 4 is 12.1 Å². The van der Waals surface area contributed by atoms with E-state index in [1.807, 2.05) is 20.8 Å². The molecule has 0 aromatic heterocycles. The quantitative estimate of drug-likeness (QED) is 0.760. The van der Waals surface area contributed by atoms with Gasteiger partial charge in [-0.05, 0) is 5.41 Å². The van der Waals surface area contributed by atoms with E-state index in [0.717, 1.165) is 0 Å². The molecule has 19 heavy (non-hydrogen) atoms. The molecule has 6 nitrogen and oxygen atoms in total. The number of amides is 1. The number of piperazine rings is 1. The first-order valence-corrected chi connectivity index (χ1v) is 6.41. The van der Waals surface area contributed by atoms with Crippen molar-refractivity contribution in [2.45, 2.75) is 32.7 Å². The maximum Gasteiger partial charge on any atom is 0.410 e. The van der Waals surface area contributed by atoms with Crippen molar-refractivity contribution in [3.8, 4) is 0 Å². The Kier molecular flexibility index (Phi) is 4.79. The minimum Gasteiger partial charge on any atom is -0.469 e. The number of nitrogens with one attached hydrogen (secondary N) is 1. The minimum absolute atomic E-state index is 0.148. The van der Waals surface area contributed by atoms with Gasteiger partial charge in [0.05, 0.1) is 26.2 Å². The van der Waals surface area contributed by atoms with Crippen LogP contribution in [-0.4, -0.2) is 56.4 Å². The summed E-state index contributed by atoms with van der Waals surface area (Å²) in [6, 6.07) is 0. The summed E-state index contributed by atoms with van der Waals surface area (Å²) >= 11 is 0. The zero-order chi connectivity index (χ0) is 14.7. The first-order chi connectivity index (χ1) is 8.78. The van der Waals surface area contributed by atoms with E-state index in [0.29, 0.717) is 19.6 Å². The van der Waals surface area contributed by atoms with Gasteiger partial charge < -0.3 is 14.8 Å². The van der Waals surface area contributed by atoms with Gasteiger partial charge in [-0.15, -0.1) is 0 Å². The zero-order valence-corrected chi connectivity index (χ0v) is 12.4. The van der Waals surface area contributed by atoms with Crippen molar-refractivity contribution in [3.05, 3.63) is 0 Å². The molecule has 1 aliphatic rings. The summed E-state index contributed by atoms with van der Waals surface area (Å²) in [6.45, 7) is 7.78. The second kappa shape index (κ2) is 5.77. The summed E-state index contributed by atoms with van der Waals surface area (Å²) in [4.78, 5) is 25.4. The van der Waals surface area contributed by atoms with Crippen LogP contribution in [0.15, 0.2) is 0 Å². The first-order valence-electron chi connectivity index (χ1n) is 6.41. The maximum atomic E-state index is 12.0. The van der Waals surface area contributed by atoms with E-state index in [2.05, 4.69) is 5.32 Å². The summed E-state index contributed by atoms with van der Waals surface area (Å²) in [7, 11) is 2.72. The van der Waals surface area contributed by atoms with Crippen molar-refractivity contribution in [1.82, 2.24) is 10.2 Å². The van der Waals surface area contributed by atoms with Crippen LogP contribution in [0.5, 0.6) is 0 Å². The summed E-state index contributed by atoms with van der Waals surface area (Å²) < 4.78 is 9.65. The van der Waals surface area contributed by atoms with Crippen LogP contribution >= 0.6 is 0 Å². The molecule has 1 unspecified atom stereocenters. The van der Waals surface area contributed by atoms with Gasteiger partial charge in [0.2, 0.25) is 0 Å². The number of hydrogen-bond donors (Lipinski definition) is 1. The van der Waals surface area contributed by atoms with Gasteiger partial charge in [0.25, 0.3) is 0 Å². The molecule has 1 amide bonds. The number of carbonyl (C=O) groups is 2. The van der Waals surface area contributed by atoms with Gasteiger partial charge >= 0.3 is 12.1 Å². The van der Waals surface area contributed by atoms with E-state index in [1.165, 1.54) is 14.2 Å². The Morgan fingerprint density at radius 1 is 1.26 bits per heavy atom. The molecular weight excluding hydrogens is 248 g/mol. The van der Waals surface area contributed by atoms with Crippen molar-refractivity contribution in [2.24, 2.45) is 5.41 Å². The fraction of sp³-hybridized carbons (Fsp3) is 0.846. The normalized spacial score (nSPS) is 23.9.